The van der Waals surface area contributed by atoms with E-state index in [2.05, 4.69) is 27.8 Å². The fourth-order valence-electron chi connectivity index (χ4n) is 3.43. The maximum absolute atomic E-state index is 12.3. The van der Waals surface area contributed by atoms with Crippen LogP contribution in [0.15, 0.2) is 23.4 Å². The summed E-state index contributed by atoms with van der Waals surface area (Å²) >= 11 is 13.2. The third-order valence-corrected chi connectivity index (χ3v) is 7.06. The Morgan fingerprint density at radius 2 is 1.97 bits per heavy atom. The van der Waals surface area contributed by atoms with Gasteiger partial charge in [0.15, 0.2) is 11.0 Å². The van der Waals surface area contributed by atoms with Crippen LogP contribution in [0.3, 0.4) is 0 Å². The Labute approximate surface area is 190 Å². The van der Waals surface area contributed by atoms with Crippen molar-refractivity contribution in [1.82, 2.24) is 25.4 Å². The van der Waals surface area contributed by atoms with Crippen LogP contribution in [-0.2, 0) is 18.4 Å². The number of nitrogens with one attached hydrogen (secondary N) is 2. The number of carbonyl (C=O) groups is 2. The fourth-order valence-corrected chi connectivity index (χ4v) is 4.47. The number of carbonyl (C=O) groups excluding carboxylic acids is 2. The van der Waals surface area contributed by atoms with E-state index in [0.717, 1.165) is 6.42 Å². The number of hydrogen-bond acceptors (Lipinski definition) is 5. The van der Waals surface area contributed by atoms with Crippen LogP contribution in [0, 0.1) is 5.92 Å². The van der Waals surface area contributed by atoms with E-state index in [1.807, 2.05) is 7.05 Å². The highest BCUT2D eigenvalue weighted by atomic mass is 35.5. The minimum Gasteiger partial charge on any atom is -0.352 e. The second kappa shape index (κ2) is 10.5. The molecule has 10 heteroatoms. The van der Waals surface area contributed by atoms with E-state index < -0.39 is 0 Å². The largest absolute Gasteiger partial charge is 0.352 e. The van der Waals surface area contributed by atoms with Gasteiger partial charge in [-0.3, -0.25) is 9.59 Å². The van der Waals surface area contributed by atoms with E-state index >= 15 is 0 Å². The number of amides is 2. The summed E-state index contributed by atoms with van der Waals surface area (Å²) in [6, 6.07) is 4.96. The van der Waals surface area contributed by atoms with Crippen LogP contribution in [0.5, 0.6) is 0 Å². The van der Waals surface area contributed by atoms with E-state index in [1.165, 1.54) is 37.1 Å². The van der Waals surface area contributed by atoms with Crippen molar-refractivity contribution >= 4 is 46.8 Å². The lowest BCUT2D eigenvalue weighted by Crippen LogP contribution is -2.41. The highest BCUT2D eigenvalue weighted by molar-refractivity contribution is 7.99. The van der Waals surface area contributed by atoms with Crippen molar-refractivity contribution in [3.8, 4) is 0 Å². The summed E-state index contributed by atoms with van der Waals surface area (Å²) in [5.74, 6) is 1.12. The van der Waals surface area contributed by atoms with E-state index in [4.69, 9.17) is 23.2 Å². The van der Waals surface area contributed by atoms with Crippen molar-refractivity contribution in [3.63, 3.8) is 0 Å². The molecule has 2 N–H and O–H groups in total. The van der Waals surface area contributed by atoms with Crippen molar-refractivity contribution in [2.75, 3.05) is 5.75 Å². The molecule has 2 amide bonds. The number of nitrogens with zero attached hydrogens (tertiary/aromatic N) is 3. The molecule has 7 nitrogen and oxygen atoms in total. The van der Waals surface area contributed by atoms with Crippen LogP contribution in [0.1, 0.15) is 48.8 Å². The van der Waals surface area contributed by atoms with Crippen molar-refractivity contribution in [2.45, 2.75) is 50.4 Å². The summed E-state index contributed by atoms with van der Waals surface area (Å²) in [5, 5.41) is 15.5. The molecular formula is C20H25Cl2N5O2S. The molecule has 1 fully saturated rings. The maximum Gasteiger partial charge on any atom is 0.251 e. The van der Waals surface area contributed by atoms with Gasteiger partial charge in [0.1, 0.15) is 0 Å². The molecule has 30 heavy (non-hydrogen) atoms. The van der Waals surface area contributed by atoms with E-state index in [-0.39, 0.29) is 30.2 Å². The predicted molar refractivity (Wildman–Crippen MR) is 119 cm³/mol. The monoisotopic (exact) mass is 469 g/mol. The summed E-state index contributed by atoms with van der Waals surface area (Å²) in [7, 11) is 1.81. The van der Waals surface area contributed by atoms with Gasteiger partial charge in [0.05, 0.1) is 22.3 Å². The standard InChI is InChI=1S/C20H25Cl2N5O2S/c1-12-5-3-4-6-16(12)24-18(28)11-30-20-26-25-17(27(20)2)10-23-19(29)13-7-8-14(21)15(22)9-13/h7-9,12,16H,3-6,10-11H2,1-2H3,(H,23,29)(H,24,28)/t12-,16-/m0/s1. The Bertz CT molecular complexity index is 921. The summed E-state index contributed by atoms with van der Waals surface area (Å²) in [5.41, 5.74) is 0.412. The topological polar surface area (TPSA) is 88.9 Å². The summed E-state index contributed by atoms with van der Waals surface area (Å²) in [4.78, 5) is 24.6. The van der Waals surface area contributed by atoms with Crippen molar-refractivity contribution in [2.24, 2.45) is 13.0 Å². The Morgan fingerprint density at radius 1 is 1.20 bits per heavy atom. The van der Waals surface area contributed by atoms with Gasteiger partial charge in [0, 0.05) is 18.7 Å². The fraction of sp³-hybridized carbons (Fsp3) is 0.500. The van der Waals surface area contributed by atoms with Gasteiger partial charge in [-0.15, -0.1) is 10.2 Å². The Morgan fingerprint density at radius 3 is 2.70 bits per heavy atom. The first-order valence-corrected chi connectivity index (χ1v) is 11.6. The van der Waals surface area contributed by atoms with Gasteiger partial charge >= 0.3 is 0 Å². The third kappa shape index (κ3) is 5.89. The highest BCUT2D eigenvalue weighted by Gasteiger charge is 2.23. The molecular weight excluding hydrogens is 445 g/mol. The van der Waals surface area contributed by atoms with E-state index in [0.29, 0.717) is 32.5 Å². The molecule has 2 aromatic rings. The van der Waals surface area contributed by atoms with Crippen molar-refractivity contribution < 1.29 is 9.59 Å². The Hall–Kier alpha value is -1.77. The smallest absolute Gasteiger partial charge is 0.251 e. The van der Waals surface area contributed by atoms with Crippen LogP contribution in [-0.4, -0.2) is 38.4 Å². The van der Waals surface area contributed by atoms with Gasteiger partial charge in [0.2, 0.25) is 5.91 Å². The Kier molecular flexibility index (Phi) is 8.02. The second-order valence-corrected chi connectivity index (χ2v) is 9.25. The molecule has 0 aliphatic heterocycles. The molecule has 1 aromatic heterocycles. The normalized spacial score (nSPS) is 18.8. The molecule has 1 aliphatic carbocycles. The number of benzene rings is 1. The SMILES string of the molecule is C[C@H]1CCCC[C@@H]1NC(=O)CSc1nnc(CNC(=O)c2ccc(Cl)c(Cl)c2)n1C. The molecule has 1 saturated carbocycles. The van der Waals surface area contributed by atoms with Crippen LogP contribution in [0.2, 0.25) is 10.0 Å². The maximum atomic E-state index is 12.3. The molecule has 3 rings (SSSR count). The average Bonchev–Trinajstić information content (AvgIpc) is 3.08. The summed E-state index contributed by atoms with van der Waals surface area (Å²) < 4.78 is 1.77. The average molecular weight is 470 g/mol. The zero-order chi connectivity index (χ0) is 21.7. The van der Waals surface area contributed by atoms with Crippen LogP contribution in [0.4, 0.5) is 0 Å². The van der Waals surface area contributed by atoms with Gasteiger partial charge in [0.25, 0.3) is 5.91 Å². The lowest BCUT2D eigenvalue weighted by Gasteiger charge is -2.29. The third-order valence-electron chi connectivity index (χ3n) is 5.30. The lowest BCUT2D eigenvalue weighted by molar-refractivity contribution is -0.119. The summed E-state index contributed by atoms with van der Waals surface area (Å²) in [6.45, 7) is 2.40. The first-order valence-electron chi connectivity index (χ1n) is 9.89. The number of thioether (sulfide) groups is 1. The molecule has 1 heterocycles. The molecule has 1 aliphatic rings. The Balaban J connectivity index is 1.49. The summed E-state index contributed by atoms with van der Waals surface area (Å²) in [6.07, 6.45) is 4.62. The zero-order valence-corrected chi connectivity index (χ0v) is 19.3. The van der Waals surface area contributed by atoms with Gasteiger partial charge < -0.3 is 15.2 Å². The molecule has 0 bridgehead atoms. The molecule has 2 atom stereocenters. The number of halogens is 2. The molecule has 1 aromatic carbocycles. The molecule has 0 radical (unpaired) electrons. The van der Waals surface area contributed by atoms with Gasteiger partial charge in [-0.2, -0.15) is 0 Å². The van der Waals surface area contributed by atoms with Crippen molar-refractivity contribution in [3.05, 3.63) is 39.6 Å². The molecule has 162 valence electrons. The lowest BCUT2D eigenvalue weighted by atomic mass is 9.86. The quantitative estimate of drug-likeness (QED) is 0.601. The van der Waals surface area contributed by atoms with Crippen LogP contribution < -0.4 is 10.6 Å². The van der Waals surface area contributed by atoms with Crippen LogP contribution >= 0.6 is 35.0 Å². The van der Waals surface area contributed by atoms with Crippen LogP contribution in [0.25, 0.3) is 0 Å². The minimum absolute atomic E-state index is 0.0104. The van der Waals surface area contributed by atoms with Crippen molar-refractivity contribution in [1.29, 1.82) is 0 Å². The molecule has 0 unspecified atom stereocenters. The number of rotatable bonds is 7. The number of hydrogen-bond donors (Lipinski definition) is 2. The van der Waals surface area contributed by atoms with Gasteiger partial charge in [-0.1, -0.05) is 54.7 Å². The van der Waals surface area contributed by atoms with E-state index in [9.17, 15) is 9.59 Å². The highest BCUT2D eigenvalue weighted by Crippen LogP contribution is 2.24. The van der Waals surface area contributed by atoms with E-state index in [1.54, 1.807) is 16.7 Å². The predicted octanol–water partition coefficient (Wildman–Crippen LogP) is 3.84. The molecule has 0 saturated heterocycles. The zero-order valence-electron chi connectivity index (χ0n) is 17.0. The number of aromatic nitrogens is 3. The van der Waals surface area contributed by atoms with Gasteiger partial charge in [-0.25, -0.2) is 0 Å². The first kappa shape index (κ1) is 22.9. The molecule has 0 spiro atoms. The second-order valence-electron chi connectivity index (χ2n) is 7.49. The minimum atomic E-state index is -0.285. The first-order chi connectivity index (χ1) is 14.3. The van der Waals surface area contributed by atoms with Gasteiger partial charge in [-0.05, 0) is 37.0 Å².